The molecular formula is C14H19F3N2O. The summed E-state index contributed by atoms with van der Waals surface area (Å²) in [5.41, 5.74) is 5.02. The van der Waals surface area contributed by atoms with Crippen molar-refractivity contribution in [3.8, 4) is 0 Å². The van der Waals surface area contributed by atoms with Crippen LogP contribution >= 0.6 is 0 Å². The van der Waals surface area contributed by atoms with E-state index in [9.17, 15) is 18.0 Å². The van der Waals surface area contributed by atoms with Crippen molar-refractivity contribution < 1.29 is 18.0 Å². The van der Waals surface area contributed by atoms with Crippen LogP contribution in [0, 0.1) is 5.92 Å². The molecule has 0 saturated heterocycles. The predicted octanol–water partition coefficient (Wildman–Crippen LogP) is 2.87. The van der Waals surface area contributed by atoms with Gasteiger partial charge in [-0.2, -0.15) is 13.2 Å². The number of halogens is 3. The van der Waals surface area contributed by atoms with Crippen LogP contribution in [0.3, 0.4) is 0 Å². The molecule has 20 heavy (non-hydrogen) atoms. The third-order valence-electron chi connectivity index (χ3n) is 2.93. The number of hydrogen-bond donors (Lipinski definition) is 2. The van der Waals surface area contributed by atoms with Crippen molar-refractivity contribution >= 4 is 5.91 Å². The van der Waals surface area contributed by atoms with Crippen molar-refractivity contribution in [2.24, 2.45) is 11.7 Å². The average Bonchev–Trinajstić information content (AvgIpc) is 2.35. The van der Waals surface area contributed by atoms with Gasteiger partial charge in [-0.25, -0.2) is 0 Å². The van der Waals surface area contributed by atoms with Gasteiger partial charge < -0.3 is 11.1 Å². The molecule has 0 fully saturated rings. The van der Waals surface area contributed by atoms with E-state index in [1.807, 2.05) is 13.8 Å². The zero-order valence-corrected chi connectivity index (χ0v) is 11.5. The molecular weight excluding hydrogens is 269 g/mol. The molecule has 0 spiro atoms. The number of rotatable bonds is 5. The highest BCUT2D eigenvalue weighted by Crippen LogP contribution is 2.32. The lowest BCUT2D eigenvalue weighted by Crippen LogP contribution is -2.33. The van der Waals surface area contributed by atoms with Crippen LogP contribution in [-0.4, -0.2) is 12.5 Å². The molecule has 0 aliphatic carbocycles. The van der Waals surface area contributed by atoms with Gasteiger partial charge in [0.05, 0.1) is 11.6 Å². The van der Waals surface area contributed by atoms with Crippen molar-refractivity contribution in [1.29, 1.82) is 0 Å². The van der Waals surface area contributed by atoms with Crippen molar-refractivity contribution in [2.45, 2.75) is 32.5 Å². The van der Waals surface area contributed by atoms with Crippen LogP contribution in [0.15, 0.2) is 24.3 Å². The van der Waals surface area contributed by atoms with Crippen LogP contribution in [0.25, 0.3) is 0 Å². The maximum atomic E-state index is 12.7. The molecule has 0 saturated carbocycles. The van der Waals surface area contributed by atoms with E-state index in [-0.39, 0.29) is 24.8 Å². The maximum absolute atomic E-state index is 12.7. The van der Waals surface area contributed by atoms with Gasteiger partial charge in [0.1, 0.15) is 0 Å². The Morgan fingerprint density at radius 3 is 2.50 bits per heavy atom. The fourth-order valence-electron chi connectivity index (χ4n) is 1.92. The number of nitrogens with one attached hydrogen (secondary N) is 1. The SMILES string of the molecule is CC(C)C(NC(=O)CCN)c1cccc(C(F)(F)F)c1. The van der Waals surface area contributed by atoms with Crippen molar-refractivity contribution in [3.63, 3.8) is 0 Å². The molecule has 1 aromatic rings. The number of nitrogens with two attached hydrogens (primary N) is 1. The monoisotopic (exact) mass is 288 g/mol. The fourth-order valence-corrected chi connectivity index (χ4v) is 1.92. The molecule has 1 atom stereocenters. The number of carbonyl (C=O) groups is 1. The molecule has 1 aromatic carbocycles. The minimum Gasteiger partial charge on any atom is -0.349 e. The fraction of sp³-hybridized carbons (Fsp3) is 0.500. The van der Waals surface area contributed by atoms with Crippen molar-refractivity contribution in [3.05, 3.63) is 35.4 Å². The summed E-state index contributed by atoms with van der Waals surface area (Å²) in [4.78, 5) is 11.6. The van der Waals surface area contributed by atoms with Gasteiger partial charge >= 0.3 is 6.18 Å². The molecule has 6 heteroatoms. The highest BCUT2D eigenvalue weighted by Gasteiger charge is 2.31. The zero-order valence-electron chi connectivity index (χ0n) is 11.5. The third-order valence-corrected chi connectivity index (χ3v) is 2.93. The second kappa shape index (κ2) is 6.74. The molecule has 1 unspecified atom stereocenters. The van der Waals surface area contributed by atoms with E-state index < -0.39 is 17.8 Å². The number of hydrogen-bond acceptors (Lipinski definition) is 2. The minimum absolute atomic E-state index is 0.0276. The first-order chi connectivity index (χ1) is 9.25. The number of alkyl halides is 3. The molecule has 0 aliphatic heterocycles. The van der Waals surface area contributed by atoms with Crippen LogP contribution in [0.1, 0.15) is 37.4 Å². The summed E-state index contributed by atoms with van der Waals surface area (Å²) in [6.07, 6.45) is -4.24. The number of amides is 1. The van der Waals surface area contributed by atoms with E-state index in [0.717, 1.165) is 12.1 Å². The molecule has 0 aromatic heterocycles. The summed E-state index contributed by atoms with van der Waals surface area (Å²) in [5, 5.41) is 2.73. The van der Waals surface area contributed by atoms with Gasteiger partial charge in [-0.3, -0.25) is 4.79 Å². The van der Waals surface area contributed by atoms with Gasteiger partial charge in [0, 0.05) is 13.0 Å². The predicted molar refractivity (Wildman–Crippen MR) is 70.8 cm³/mol. The van der Waals surface area contributed by atoms with Crippen LogP contribution in [0.2, 0.25) is 0 Å². The quantitative estimate of drug-likeness (QED) is 0.875. The molecule has 1 rings (SSSR count). The Bertz CT molecular complexity index is 458. The van der Waals surface area contributed by atoms with Crippen LogP contribution in [0.5, 0.6) is 0 Å². The van der Waals surface area contributed by atoms with E-state index in [1.54, 1.807) is 6.07 Å². The van der Waals surface area contributed by atoms with Gasteiger partial charge in [0.15, 0.2) is 0 Å². The van der Waals surface area contributed by atoms with E-state index in [2.05, 4.69) is 5.32 Å². The second-order valence-corrected chi connectivity index (χ2v) is 4.95. The van der Waals surface area contributed by atoms with Gasteiger partial charge in [-0.05, 0) is 23.6 Å². The molecule has 3 nitrogen and oxygen atoms in total. The van der Waals surface area contributed by atoms with E-state index in [0.29, 0.717) is 5.56 Å². The van der Waals surface area contributed by atoms with Gasteiger partial charge in [0.25, 0.3) is 0 Å². The Kier molecular flexibility index (Phi) is 5.56. The number of carbonyl (C=O) groups excluding carboxylic acids is 1. The maximum Gasteiger partial charge on any atom is 0.416 e. The summed E-state index contributed by atoms with van der Waals surface area (Å²) in [5.74, 6) is -0.288. The average molecular weight is 288 g/mol. The Morgan fingerprint density at radius 2 is 2.00 bits per heavy atom. The highest BCUT2D eigenvalue weighted by molar-refractivity contribution is 5.76. The lowest BCUT2D eigenvalue weighted by atomic mass is 9.94. The van der Waals surface area contributed by atoms with Gasteiger partial charge in [-0.1, -0.05) is 26.0 Å². The van der Waals surface area contributed by atoms with E-state index in [1.165, 1.54) is 6.07 Å². The summed E-state index contributed by atoms with van der Waals surface area (Å²) in [6.45, 7) is 3.89. The Balaban J connectivity index is 3.01. The first kappa shape index (κ1) is 16.5. The van der Waals surface area contributed by atoms with Crippen LogP contribution in [-0.2, 0) is 11.0 Å². The second-order valence-electron chi connectivity index (χ2n) is 4.95. The summed E-state index contributed by atoms with van der Waals surface area (Å²) in [6, 6.07) is 4.57. The minimum atomic E-state index is -4.39. The molecule has 3 N–H and O–H groups in total. The zero-order chi connectivity index (χ0) is 15.3. The molecule has 0 heterocycles. The van der Waals surface area contributed by atoms with E-state index >= 15 is 0 Å². The standard InChI is InChI=1S/C14H19F3N2O/c1-9(2)13(19-12(20)6-7-18)10-4-3-5-11(8-10)14(15,16)17/h3-5,8-9,13H,6-7,18H2,1-2H3,(H,19,20). The third kappa shape index (κ3) is 4.52. The molecule has 1 amide bonds. The Morgan fingerprint density at radius 1 is 1.35 bits per heavy atom. The highest BCUT2D eigenvalue weighted by atomic mass is 19.4. The molecule has 0 radical (unpaired) electrons. The normalized spacial score (nSPS) is 13.3. The topological polar surface area (TPSA) is 55.1 Å². The summed E-state index contributed by atoms with van der Waals surface area (Å²) >= 11 is 0. The molecule has 0 bridgehead atoms. The van der Waals surface area contributed by atoms with Crippen molar-refractivity contribution in [1.82, 2.24) is 5.32 Å². The van der Waals surface area contributed by atoms with Crippen LogP contribution in [0.4, 0.5) is 13.2 Å². The first-order valence-electron chi connectivity index (χ1n) is 6.42. The summed E-state index contributed by atoms with van der Waals surface area (Å²) < 4.78 is 38.1. The Labute approximate surface area is 116 Å². The molecule has 0 aliphatic rings. The van der Waals surface area contributed by atoms with Gasteiger partial charge in [0.2, 0.25) is 5.91 Å². The number of benzene rings is 1. The smallest absolute Gasteiger partial charge is 0.349 e. The molecule has 112 valence electrons. The largest absolute Gasteiger partial charge is 0.416 e. The summed E-state index contributed by atoms with van der Waals surface area (Å²) in [7, 11) is 0. The first-order valence-corrected chi connectivity index (χ1v) is 6.42. The van der Waals surface area contributed by atoms with E-state index in [4.69, 9.17) is 5.73 Å². The lowest BCUT2D eigenvalue weighted by molar-refractivity contribution is -0.137. The lowest BCUT2D eigenvalue weighted by Gasteiger charge is -2.23. The van der Waals surface area contributed by atoms with Gasteiger partial charge in [-0.15, -0.1) is 0 Å². The van der Waals surface area contributed by atoms with Crippen LogP contribution < -0.4 is 11.1 Å². The Hall–Kier alpha value is -1.56. The van der Waals surface area contributed by atoms with Crippen molar-refractivity contribution in [2.75, 3.05) is 6.54 Å².